The van der Waals surface area contributed by atoms with E-state index < -0.39 is 0 Å². The van der Waals surface area contributed by atoms with Gasteiger partial charge in [0.2, 0.25) is 0 Å². The average Bonchev–Trinajstić information content (AvgIpc) is 2.51. The van der Waals surface area contributed by atoms with E-state index in [4.69, 9.17) is 0 Å². The van der Waals surface area contributed by atoms with E-state index in [2.05, 4.69) is 62.4 Å². The Morgan fingerprint density at radius 1 is 0.913 bits per heavy atom. The van der Waals surface area contributed by atoms with Gasteiger partial charge in [-0.05, 0) is 75.6 Å². The van der Waals surface area contributed by atoms with Crippen molar-refractivity contribution in [3.8, 4) is 0 Å². The van der Waals surface area contributed by atoms with E-state index >= 15 is 0 Å². The monoisotopic (exact) mass is 418 g/mol. The second-order valence-electron chi connectivity index (χ2n) is 7.84. The summed E-state index contributed by atoms with van der Waals surface area (Å²) < 4.78 is 1.01. The highest BCUT2D eigenvalue weighted by atomic mass is 127. The minimum atomic E-state index is 0.122. The lowest BCUT2D eigenvalue weighted by Crippen LogP contribution is -2.34. The molecule has 0 amide bonds. The Labute approximate surface area is 152 Å². The van der Waals surface area contributed by atoms with Crippen LogP contribution in [0.2, 0.25) is 0 Å². The number of halogens is 1. The van der Waals surface area contributed by atoms with Crippen molar-refractivity contribution in [1.29, 1.82) is 0 Å². The molecular formula is C21H23IO. The number of hydrogen-bond donors (Lipinski definition) is 0. The number of hydrogen-bond acceptors (Lipinski definition) is 1. The lowest BCUT2D eigenvalue weighted by atomic mass is 9.63. The van der Waals surface area contributed by atoms with Crippen molar-refractivity contribution >= 4 is 28.4 Å². The molecule has 23 heavy (non-hydrogen) atoms. The molecule has 0 saturated heterocycles. The summed E-state index contributed by atoms with van der Waals surface area (Å²) in [6.45, 7) is 9.20. The predicted octanol–water partition coefficient (Wildman–Crippen LogP) is 5.87. The van der Waals surface area contributed by atoms with Gasteiger partial charge in [-0.2, -0.15) is 0 Å². The van der Waals surface area contributed by atoms with Crippen LogP contribution in [-0.4, -0.2) is 5.78 Å². The standard InChI is InChI=1S/C21H23IO/c1-20(2)11-12-21(3,4)17-13-14(9-10-16(17)20)19(23)15-7-5-6-8-18(15)22/h5-10,13H,11-12H2,1-4H3. The molecule has 0 fully saturated rings. The first-order chi connectivity index (χ1) is 10.7. The van der Waals surface area contributed by atoms with Crippen LogP contribution in [0.25, 0.3) is 0 Å². The number of benzene rings is 2. The Hall–Kier alpha value is -1.16. The molecule has 0 radical (unpaired) electrons. The van der Waals surface area contributed by atoms with Crippen LogP contribution in [0.3, 0.4) is 0 Å². The van der Waals surface area contributed by atoms with Crippen molar-refractivity contribution < 1.29 is 4.79 Å². The lowest BCUT2D eigenvalue weighted by molar-refractivity contribution is 0.103. The molecule has 0 spiro atoms. The van der Waals surface area contributed by atoms with Crippen LogP contribution in [0.4, 0.5) is 0 Å². The fourth-order valence-electron chi connectivity index (χ4n) is 3.53. The van der Waals surface area contributed by atoms with E-state index in [1.54, 1.807) is 0 Å². The highest BCUT2D eigenvalue weighted by Crippen LogP contribution is 2.46. The van der Waals surface area contributed by atoms with E-state index in [-0.39, 0.29) is 16.6 Å². The molecule has 2 aromatic carbocycles. The largest absolute Gasteiger partial charge is 0.289 e. The van der Waals surface area contributed by atoms with Crippen LogP contribution in [0.5, 0.6) is 0 Å². The highest BCUT2D eigenvalue weighted by Gasteiger charge is 2.37. The van der Waals surface area contributed by atoms with Crippen molar-refractivity contribution in [1.82, 2.24) is 0 Å². The third-order valence-electron chi connectivity index (χ3n) is 5.23. The second-order valence-corrected chi connectivity index (χ2v) is 9.00. The normalized spacial score (nSPS) is 18.3. The molecule has 2 aromatic rings. The molecule has 0 heterocycles. The fourth-order valence-corrected chi connectivity index (χ4v) is 4.16. The molecule has 0 N–H and O–H groups in total. The third kappa shape index (κ3) is 2.98. The summed E-state index contributed by atoms with van der Waals surface area (Å²) in [5, 5.41) is 0. The molecule has 0 atom stereocenters. The summed E-state index contributed by atoms with van der Waals surface area (Å²) >= 11 is 2.24. The van der Waals surface area contributed by atoms with Crippen molar-refractivity contribution in [2.75, 3.05) is 0 Å². The molecule has 3 rings (SSSR count). The van der Waals surface area contributed by atoms with E-state index in [0.29, 0.717) is 0 Å². The maximum Gasteiger partial charge on any atom is 0.194 e. The van der Waals surface area contributed by atoms with Crippen molar-refractivity contribution in [2.45, 2.75) is 51.4 Å². The summed E-state index contributed by atoms with van der Waals surface area (Å²) in [6, 6.07) is 14.1. The van der Waals surface area contributed by atoms with Gasteiger partial charge < -0.3 is 0 Å². The zero-order chi connectivity index (χ0) is 16.8. The van der Waals surface area contributed by atoms with Crippen molar-refractivity contribution in [3.05, 3.63) is 68.3 Å². The van der Waals surface area contributed by atoms with Crippen LogP contribution in [0, 0.1) is 3.57 Å². The molecule has 0 bridgehead atoms. The highest BCUT2D eigenvalue weighted by molar-refractivity contribution is 14.1. The first kappa shape index (κ1) is 16.7. The van der Waals surface area contributed by atoms with Crippen LogP contribution in [0.15, 0.2) is 42.5 Å². The van der Waals surface area contributed by atoms with Gasteiger partial charge in [-0.25, -0.2) is 0 Å². The number of carbonyl (C=O) groups excluding carboxylic acids is 1. The van der Waals surface area contributed by atoms with Gasteiger partial charge in [-0.15, -0.1) is 0 Å². The molecule has 0 unspecified atom stereocenters. The summed E-state index contributed by atoms with van der Waals surface area (Å²) in [4.78, 5) is 12.9. The van der Waals surface area contributed by atoms with Crippen molar-refractivity contribution in [2.24, 2.45) is 0 Å². The van der Waals surface area contributed by atoms with Crippen LogP contribution >= 0.6 is 22.6 Å². The molecule has 120 valence electrons. The number of fused-ring (bicyclic) bond motifs is 1. The van der Waals surface area contributed by atoms with Crippen LogP contribution in [0.1, 0.15) is 67.6 Å². The van der Waals surface area contributed by atoms with Gasteiger partial charge in [-0.1, -0.05) is 52.0 Å². The Kier molecular flexibility index (Phi) is 4.16. The fraction of sp³-hybridized carbons (Fsp3) is 0.381. The molecule has 1 aliphatic rings. The Balaban J connectivity index is 2.11. The van der Waals surface area contributed by atoms with Gasteiger partial charge in [0, 0.05) is 14.7 Å². The minimum Gasteiger partial charge on any atom is -0.289 e. The number of carbonyl (C=O) groups is 1. The molecule has 1 aliphatic carbocycles. The molecule has 0 aromatic heterocycles. The van der Waals surface area contributed by atoms with E-state index in [1.807, 2.05) is 30.3 Å². The van der Waals surface area contributed by atoms with E-state index in [9.17, 15) is 4.79 Å². The topological polar surface area (TPSA) is 17.1 Å². The molecule has 0 saturated carbocycles. The third-order valence-corrected chi connectivity index (χ3v) is 6.17. The van der Waals surface area contributed by atoms with Crippen molar-refractivity contribution in [3.63, 3.8) is 0 Å². The van der Waals surface area contributed by atoms with Gasteiger partial charge >= 0.3 is 0 Å². The zero-order valence-corrected chi connectivity index (χ0v) is 16.4. The van der Waals surface area contributed by atoms with Crippen LogP contribution < -0.4 is 0 Å². The van der Waals surface area contributed by atoms with Gasteiger partial charge in [0.05, 0.1) is 0 Å². The first-order valence-electron chi connectivity index (χ1n) is 8.17. The lowest BCUT2D eigenvalue weighted by Gasteiger charge is -2.42. The van der Waals surface area contributed by atoms with Crippen LogP contribution in [-0.2, 0) is 10.8 Å². The Bertz CT molecular complexity index is 771. The molecule has 2 heteroatoms. The molecule has 0 aliphatic heterocycles. The summed E-state index contributed by atoms with van der Waals surface area (Å²) in [7, 11) is 0. The SMILES string of the molecule is CC1(C)CCC(C)(C)c2cc(C(=O)c3ccccc3I)ccc21. The smallest absolute Gasteiger partial charge is 0.194 e. The quantitative estimate of drug-likeness (QED) is 0.440. The Morgan fingerprint density at radius 3 is 2.17 bits per heavy atom. The Morgan fingerprint density at radius 2 is 1.52 bits per heavy atom. The first-order valence-corrected chi connectivity index (χ1v) is 9.24. The van der Waals surface area contributed by atoms with E-state index in [1.165, 1.54) is 17.5 Å². The molecule has 1 nitrogen and oxygen atoms in total. The van der Waals surface area contributed by atoms with Gasteiger partial charge in [0.15, 0.2) is 5.78 Å². The van der Waals surface area contributed by atoms with E-state index in [0.717, 1.165) is 21.1 Å². The van der Waals surface area contributed by atoms with Gasteiger partial charge in [0.1, 0.15) is 0 Å². The average molecular weight is 418 g/mol. The maximum absolute atomic E-state index is 12.9. The maximum atomic E-state index is 12.9. The molecular weight excluding hydrogens is 395 g/mol. The summed E-state index contributed by atoms with van der Waals surface area (Å²) in [6.07, 6.45) is 2.35. The predicted molar refractivity (Wildman–Crippen MR) is 104 cm³/mol. The van der Waals surface area contributed by atoms with Gasteiger partial charge in [0.25, 0.3) is 0 Å². The number of rotatable bonds is 2. The van der Waals surface area contributed by atoms with Gasteiger partial charge in [-0.3, -0.25) is 4.79 Å². The minimum absolute atomic E-state index is 0.122. The summed E-state index contributed by atoms with van der Waals surface area (Å²) in [5.74, 6) is 0.122. The number of ketones is 1. The second kappa shape index (κ2) is 5.73. The summed E-state index contributed by atoms with van der Waals surface area (Å²) in [5.41, 5.74) is 4.65. The zero-order valence-electron chi connectivity index (χ0n) is 14.2.